The molecule has 0 unspecified atom stereocenters. The zero-order chi connectivity index (χ0) is 22.7. The molecule has 1 heterocycles. The van der Waals surface area contributed by atoms with Crippen LogP contribution in [-0.2, 0) is 6.54 Å². The highest BCUT2D eigenvalue weighted by Crippen LogP contribution is 2.24. The van der Waals surface area contributed by atoms with Crippen molar-refractivity contribution in [3.05, 3.63) is 104 Å². The normalized spacial score (nSPS) is 11.2. The number of fused-ring (bicyclic) bond motifs is 1. The zero-order valence-electron chi connectivity index (χ0n) is 16.6. The van der Waals surface area contributed by atoms with Crippen molar-refractivity contribution >= 4 is 44.6 Å². The highest BCUT2D eigenvalue weighted by atomic mass is 79.9. The molecule has 0 aliphatic carbocycles. The van der Waals surface area contributed by atoms with Crippen LogP contribution >= 0.6 is 15.9 Å². The Balaban J connectivity index is 1.58. The minimum atomic E-state index is -0.574. The van der Waals surface area contributed by atoms with Crippen LogP contribution in [0.1, 0.15) is 21.5 Å². The van der Waals surface area contributed by atoms with Gasteiger partial charge in [0.15, 0.2) is 0 Å². The number of para-hydroxylation sites is 1. The molecule has 0 saturated heterocycles. The second-order valence-electron chi connectivity index (χ2n) is 7.01. The number of nitro groups is 1. The Kier molecular flexibility index (Phi) is 6.00. The molecule has 0 bridgehead atoms. The summed E-state index contributed by atoms with van der Waals surface area (Å²) < 4.78 is 2.98. The standard InChI is InChI=1S/C23H17BrN4O4/c24-17-7-5-15(6-8-17)13-27-14-20(19-3-1-2-4-21(19)27)23(30)26-25-12-16-11-18(28(31)32)9-10-22(16)29/h1-12,14,29H,13H2,(H,26,30)/b25-12-. The first-order chi connectivity index (χ1) is 15.4. The Morgan fingerprint density at radius 3 is 2.66 bits per heavy atom. The molecule has 4 rings (SSSR count). The summed E-state index contributed by atoms with van der Waals surface area (Å²) in [6.45, 7) is 0.589. The van der Waals surface area contributed by atoms with E-state index in [9.17, 15) is 20.0 Å². The molecule has 160 valence electrons. The molecular weight excluding hydrogens is 476 g/mol. The number of aromatic nitrogens is 1. The number of non-ortho nitro benzene ring substituents is 1. The molecule has 1 amide bonds. The number of halogens is 1. The molecule has 2 N–H and O–H groups in total. The lowest BCUT2D eigenvalue weighted by Gasteiger charge is -2.05. The average molecular weight is 493 g/mol. The van der Waals surface area contributed by atoms with Crippen LogP contribution in [0.3, 0.4) is 0 Å². The summed E-state index contributed by atoms with van der Waals surface area (Å²) in [5.74, 6) is -0.614. The van der Waals surface area contributed by atoms with Gasteiger partial charge in [0.25, 0.3) is 11.6 Å². The van der Waals surface area contributed by atoms with E-state index < -0.39 is 10.8 Å². The number of rotatable bonds is 6. The maximum Gasteiger partial charge on any atom is 0.273 e. The second kappa shape index (κ2) is 9.03. The first kappa shape index (κ1) is 21.3. The van der Waals surface area contributed by atoms with Gasteiger partial charge in [-0.25, -0.2) is 5.43 Å². The van der Waals surface area contributed by atoms with E-state index in [0.29, 0.717) is 12.1 Å². The summed E-state index contributed by atoms with van der Waals surface area (Å²) in [5.41, 5.74) is 4.79. The molecule has 4 aromatic rings. The summed E-state index contributed by atoms with van der Waals surface area (Å²) in [7, 11) is 0. The molecule has 0 saturated carbocycles. The third kappa shape index (κ3) is 4.52. The van der Waals surface area contributed by atoms with Gasteiger partial charge in [-0.2, -0.15) is 5.10 Å². The van der Waals surface area contributed by atoms with Crippen LogP contribution in [0.15, 0.2) is 82.5 Å². The van der Waals surface area contributed by atoms with Crippen molar-refractivity contribution in [2.24, 2.45) is 5.10 Å². The van der Waals surface area contributed by atoms with Crippen molar-refractivity contribution in [2.45, 2.75) is 6.54 Å². The number of benzene rings is 3. The van der Waals surface area contributed by atoms with E-state index in [1.165, 1.54) is 24.4 Å². The number of hydrazone groups is 1. The van der Waals surface area contributed by atoms with Crippen LogP contribution in [0.4, 0.5) is 5.69 Å². The molecular formula is C23H17BrN4O4. The summed E-state index contributed by atoms with van der Waals surface area (Å²) in [6, 6.07) is 19.1. The maximum atomic E-state index is 12.8. The Bertz CT molecular complexity index is 1350. The van der Waals surface area contributed by atoms with Crippen LogP contribution in [-0.4, -0.2) is 26.7 Å². The topological polar surface area (TPSA) is 110 Å². The predicted octanol–water partition coefficient (Wildman–Crippen LogP) is 4.83. The summed E-state index contributed by atoms with van der Waals surface area (Å²) >= 11 is 3.43. The second-order valence-corrected chi connectivity index (χ2v) is 7.93. The highest BCUT2D eigenvalue weighted by molar-refractivity contribution is 9.10. The molecule has 9 heteroatoms. The number of carbonyl (C=O) groups excluding carboxylic acids is 1. The van der Waals surface area contributed by atoms with E-state index in [2.05, 4.69) is 26.5 Å². The molecule has 0 fully saturated rings. The lowest BCUT2D eigenvalue weighted by Crippen LogP contribution is -2.17. The van der Waals surface area contributed by atoms with Crippen LogP contribution in [0.2, 0.25) is 0 Å². The lowest BCUT2D eigenvalue weighted by molar-refractivity contribution is -0.384. The smallest absolute Gasteiger partial charge is 0.273 e. The van der Waals surface area contributed by atoms with E-state index in [1.807, 2.05) is 53.1 Å². The van der Waals surface area contributed by atoms with Crippen LogP contribution in [0.25, 0.3) is 10.9 Å². The number of nitrogens with zero attached hydrogens (tertiary/aromatic N) is 3. The summed E-state index contributed by atoms with van der Waals surface area (Å²) in [5, 5.41) is 25.4. The third-order valence-electron chi connectivity index (χ3n) is 4.89. The van der Waals surface area contributed by atoms with Crippen molar-refractivity contribution in [3.63, 3.8) is 0 Å². The van der Waals surface area contributed by atoms with Crippen molar-refractivity contribution in [2.75, 3.05) is 0 Å². The van der Waals surface area contributed by atoms with E-state index >= 15 is 0 Å². The van der Waals surface area contributed by atoms with Gasteiger partial charge in [0.1, 0.15) is 5.75 Å². The number of hydrogen-bond acceptors (Lipinski definition) is 5. The van der Waals surface area contributed by atoms with E-state index in [0.717, 1.165) is 20.9 Å². The number of amides is 1. The number of nitro benzene ring substituents is 1. The van der Waals surface area contributed by atoms with E-state index in [1.54, 1.807) is 6.20 Å². The Labute approximate surface area is 191 Å². The molecule has 0 spiro atoms. The lowest BCUT2D eigenvalue weighted by atomic mass is 10.1. The molecule has 0 aliphatic rings. The third-order valence-corrected chi connectivity index (χ3v) is 5.42. The van der Waals surface area contributed by atoms with Crippen molar-refractivity contribution in [1.29, 1.82) is 0 Å². The molecule has 0 radical (unpaired) electrons. The molecule has 3 aromatic carbocycles. The van der Waals surface area contributed by atoms with Gasteiger partial charge in [-0.1, -0.05) is 46.3 Å². The monoisotopic (exact) mass is 492 g/mol. The number of hydrogen-bond donors (Lipinski definition) is 2. The fourth-order valence-electron chi connectivity index (χ4n) is 3.32. The van der Waals surface area contributed by atoms with Gasteiger partial charge in [0.2, 0.25) is 0 Å². The number of phenols is 1. The first-order valence-electron chi connectivity index (χ1n) is 9.55. The highest BCUT2D eigenvalue weighted by Gasteiger charge is 2.15. The molecule has 32 heavy (non-hydrogen) atoms. The van der Waals surface area contributed by atoms with Gasteiger partial charge in [-0.15, -0.1) is 0 Å². The molecule has 1 aromatic heterocycles. The van der Waals surface area contributed by atoms with Crippen molar-refractivity contribution < 1.29 is 14.8 Å². The summed E-state index contributed by atoms with van der Waals surface area (Å²) in [6.07, 6.45) is 2.93. The van der Waals surface area contributed by atoms with Crippen molar-refractivity contribution in [3.8, 4) is 5.75 Å². The molecule has 0 aliphatic heterocycles. The van der Waals surface area contributed by atoms with E-state index in [4.69, 9.17) is 0 Å². The van der Waals surface area contributed by atoms with E-state index in [-0.39, 0.29) is 17.0 Å². The maximum absolute atomic E-state index is 12.8. The van der Waals surface area contributed by atoms with Gasteiger partial charge in [-0.3, -0.25) is 14.9 Å². The predicted molar refractivity (Wildman–Crippen MR) is 125 cm³/mol. The Morgan fingerprint density at radius 2 is 1.91 bits per heavy atom. The Hall–Kier alpha value is -3.98. The van der Waals surface area contributed by atoms with Gasteiger partial charge in [0.05, 0.1) is 16.7 Å². The number of carbonyl (C=O) groups is 1. The first-order valence-corrected chi connectivity index (χ1v) is 10.3. The minimum Gasteiger partial charge on any atom is -0.507 e. The fraction of sp³-hybridized carbons (Fsp3) is 0.0435. The summed E-state index contributed by atoms with van der Waals surface area (Å²) in [4.78, 5) is 23.1. The zero-order valence-corrected chi connectivity index (χ0v) is 18.2. The Morgan fingerprint density at radius 1 is 1.16 bits per heavy atom. The molecule has 8 nitrogen and oxygen atoms in total. The van der Waals surface area contributed by atoms with Gasteiger partial charge in [0, 0.05) is 45.8 Å². The fourth-order valence-corrected chi connectivity index (χ4v) is 3.59. The van der Waals surface area contributed by atoms with Gasteiger partial charge < -0.3 is 9.67 Å². The van der Waals surface area contributed by atoms with Gasteiger partial charge in [-0.05, 0) is 29.8 Å². The molecule has 0 atom stereocenters. The van der Waals surface area contributed by atoms with Crippen LogP contribution in [0.5, 0.6) is 5.75 Å². The average Bonchev–Trinajstić information content (AvgIpc) is 3.15. The largest absolute Gasteiger partial charge is 0.507 e. The number of aromatic hydroxyl groups is 1. The van der Waals surface area contributed by atoms with Crippen molar-refractivity contribution in [1.82, 2.24) is 9.99 Å². The number of nitrogens with one attached hydrogen (secondary N) is 1. The van der Waals surface area contributed by atoms with Gasteiger partial charge >= 0.3 is 0 Å². The van der Waals surface area contributed by atoms with Crippen LogP contribution < -0.4 is 5.43 Å². The minimum absolute atomic E-state index is 0.122. The quantitative estimate of drug-likeness (QED) is 0.228. The number of phenolic OH excluding ortho intramolecular Hbond substituents is 1. The van der Waals surface area contributed by atoms with Crippen LogP contribution in [0, 0.1) is 10.1 Å². The SMILES string of the molecule is O=C(N/N=C\c1cc([N+](=O)[O-])ccc1O)c1cn(Cc2ccc(Br)cc2)c2ccccc12.